The first kappa shape index (κ1) is 33.6. The number of nitrogens with one attached hydrogen (secondary N) is 2. The SMILES string of the molecule is CCN(CC)C(=O)C(c1ccc(Nc2nc(-c3cccc(NC(=O)c4cc5c(s4)CCCC5)c3C)cn(C)c2=O)cc1)N1CCOCC1. The number of ether oxygens (including phenoxy) is 1. The highest BCUT2D eigenvalue weighted by molar-refractivity contribution is 7.14. The smallest absolute Gasteiger partial charge is 0.293 e. The van der Waals surface area contributed by atoms with Gasteiger partial charge in [0.2, 0.25) is 5.91 Å². The molecule has 48 heavy (non-hydrogen) atoms. The van der Waals surface area contributed by atoms with Crippen molar-refractivity contribution in [3.8, 4) is 11.3 Å². The van der Waals surface area contributed by atoms with E-state index >= 15 is 0 Å². The van der Waals surface area contributed by atoms with Crippen LogP contribution in [0.2, 0.25) is 0 Å². The molecule has 4 aromatic rings. The van der Waals surface area contributed by atoms with Crippen LogP contribution in [0.5, 0.6) is 0 Å². The van der Waals surface area contributed by atoms with E-state index in [-0.39, 0.29) is 23.2 Å². The summed E-state index contributed by atoms with van der Waals surface area (Å²) in [7, 11) is 1.70. The molecule has 1 saturated heterocycles. The number of benzene rings is 2. The minimum atomic E-state index is -0.405. The number of aryl methyl sites for hydroxylation is 3. The monoisotopic (exact) mass is 668 g/mol. The van der Waals surface area contributed by atoms with E-state index in [2.05, 4.69) is 15.5 Å². The van der Waals surface area contributed by atoms with Crippen LogP contribution in [0.1, 0.15) is 64.0 Å². The lowest BCUT2D eigenvalue weighted by Crippen LogP contribution is -2.47. The number of rotatable bonds is 10. The number of carbonyl (C=O) groups excluding carboxylic acids is 2. The number of amides is 2. The molecule has 0 saturated carbocycles. The maximum atomic E-state index is 13.6. The van der Waals surface area contributed by atoms with E-state index in [9.17, 15) is 14.4 Å². The Morgan fingerprint density at radius 2 is 1.77 bits per heavy atom. The fourth-order valence-electron chi connectivity index (χ4n) is 6.59. The van der Waals surface area contributed by atoms with E-state index in [1.807, 2.05) is 74.2 Å². The Hall–Kier alpha value is -4.32. The third kappa shape index (κ3) is 7.08. The average Bonchev–Trinajstić information content (AvgIpc) is 3.54. The highest BCUT2D eigenvalue weighted by Crippen LogP contribution is 2.32. The Kier molecular flexibility index (Phi) is 10.4. The van der Waals surface area contributed by atoms with Crippen LogP contribution >= 0.6 is 11.3 Å². The first-order valence-electron chi connectivity index (χ1n) is 16.9. The molecule has 11 heteroatoms. The van der Waals surface area contributed by atoms with Gasteiger partial charge in [-0.3, -0.25) is 19.3 Å². The lowest BCUT2D eigenvalue weighted by atomic mass is 9.99. The molecule has 1 atom stereocenters. The predicted molar refractivity (Wildman–Crippen MR) is 191 cm³/mol. The van der Waals surface area contributed by atoms with Crippen LogP contribution in [0.4, 0.5) is 17.2 Å². The number of nitrogens with zero attached hydrogens (tertiary/aromatic N) is 4. The highest BCUT2D eigenvalue weighted by Gasteiger charge is 2.31. The molecule has 0 radical (unpaired) electrons. The number of thiophene rings is 1. The maximum absolute atomic E-state index is 13.6. The standard InChI is InChI=1S/C37H44N6O4S/c1-5-42(6-2)36(45)33(43-18-20-47-21-19-43)25-14-16-27(17-15-25)38-34-37(46)41(4)23-30(39-34)28-11-9-12-29(24(28)3)40-35(44)32-22-26-10-7-8-13-31(26)48-32/h9,11-12,14-17,22-23,33H,5-8,10,13,18-21H2,1-4H3,(H,38,39)(H,40,44). The Bertz CT molecular complexity index is 1820. The molecule has 1 unspecified atom stereocenters. The summed E-state index contributed by atoms with van der Waals surface area (Å²) in [6.45, 7) is 9.80. The number of hydrogen-bond donors (Lipinski definition) is 2. The Balaban J connectivity index is 1.23. The summed E-state index contributed by atoms with van der Waals surface area (Å²) < 4.78 is 7.07. The number of likely N-dealkylation sites (N-methyl/N-ethyl adjacent to an activating group) is 1. The second kappa shape index (κ2) is 14.8. The summed E-state index contributed by atoms with van der Waals surface area (Å²) in [4.78, 5) is 50.9. The van der Waals surface area contributed by atoms with Gasteiger partial charge in [-0.05, 0) is 87.4 Å². The Labute approximate surface area is 285 Å². The van der Waals surface area contributed by atoms with Crippen molar-refractivity contribution in [3.05, 3.63) is 91.5 Å². The molecule has 10 nitrogen and oxygen atoms in total. The van der Waals surface area contributed by atoms with Gasteiger partial charge in [0, 0.05) is 61.2 Å². The molecule has 2 aromatic heterocycles. The summed E-state index contributed by atoms with van der Waals surface area (Å²) in [5.41, 5.74) is 5.60. The molecule has 2 N–H and O–H groups in total. The van der Waals surface area contributed by atoms with Gasteiger partial charge in [-0.1, -0.05) is 24.3 Å². The fourth-order valence-corrected chi connectivity index (χ4v) is 7.74. The van der Waals surface area contributed by atoms with Crippen molar-refractivity contribution in [2.45, 2.75) is 52.5 Å². The third-order valence-electron chi connectivity index (χ3n) is 9.36. The summed E-state index contributed by atoms with van der Waals surface area (Å²) in [6.07, 6.45) is 6.15. The quantitative estimate of drug-likeness (QED) is 0.216. The molecule has 6 rings (SSSR count). The zero-order valence-corrected chi connectivity index (χ0v) is 29.0. The molecule has 2 aliphatic rings. The minimum absolute atomic E-state index is 0.0779. The lowest BCUT2D eigenvalue weighted by Gasteiger charge is -2.36. The fraction of sp³-hybridized carbons (Fsp3) is 0.405. The number of fused-ring (bicyclic) bond motifs is 1. The predicted octanol–water partition coefficient (Wildman–Crippen LogP) is 5.93. The molecule has 3 heterocycles. The van der Waals surface area contributed by atoms with E-state index in [0.717, 1.165) is 34.4 Å². The number of carbonyl (C=O) groups is 2. The van der Waals surface area contributed by atoms with Crippen LogP contribution in [-0.4, -0.2) is 70.6 Å². The second-order valence-electron chi connectivity index (χ2n) is 12.4. The average molecular weight is 669 g/mol. The summed E-state index contributed by atoms with van der Waals surface area (Å²) in [5, 5.41) is 6.32. The molecule has 1 fully saturated rings. The molecule has 1 aliphatic heterocycles. The van der Waals surface area contributed by atoms with Crippen molar-refractivity contribution in [3.63, 3.8) is 0 Å². The molecule has 0 bridgehead atoms. The largest absolute Gasteiger partial charge is 0.379 e. The highest BCUT2D eigenvalue weighted by atomic mass is 32.1. The summed E-state index contributed by atoms with van der Waals surface area (Å²) >= 11 is 1.59. The van der Waals surface area contributed by atoms with E-state index in [0.29, 0.717) is 56.5 Å². The summed E-state index contributed by atoms with van der Waals surface area (Å²) in [5.74, 6) is 0.155. The van der Waals surface area contributed by atoms with Gasteiger partial charge in [-0.2, -0.15) is 0 Å². The van der Waals surface area contributed by atoms with Crippen molar-refractivity contribution >= 4 is 40.3 Å². The molecule has 2 amide bonds. The topological polar surface area (TPSA) is 109 Å². The van der Waals surface area contributed by atoms with E-state index in [1.54, 1.807) is 24.6 Å². The van der Waals surface area contributed by atoms with Gasteiger partial charge >= 0.3 is 0 Å². The Morgan fingerprint density at radius 3 is 2.48 bits per heavy atom. The summed E-state index contributed by atoms with van der Waals surface area (Å²) in [6, 6.07) is 15.0. The third-order valence-corrected chi connectivity index (χ3v) is 10.6. The second-order valence-corrected chi connectivity index (χ2v) is 13.5. The first-order chi connectivity index (χ1) is 23.3. The number of anilines is 3. The van der Waals surface area contributed by atoms with Gasteiger partial charge in [0.15, 0.2) is 5.82 Å². The molecular weight excluding hydrogens is 625 g/mol. The van der Waals surface area contributed by atoms with E-state index in [1.165, 1.54) is 27.8 Å². The van der Waals surface area contributed by atoms with Gasteiger partial charge in [-0.25, -0.2) is 4.98 Å². The van der Waals surface area contributed by atoms with Crippen LogP contribution in [-0.2, 0) is 29.4 Å². The van der Waals surface area contributed by atoms with Crippen LogP contribution in [0.3, 0.4) is 0 Å². The van der Waals surface area contributed by atoms with Crippen LogP contribution in [0.25, 0.3) is 11.3 Å². The van der Waals surface area contributed by atoms with Gasteiger partial charge in [-0.15, -0.1) is 11.3 Å². The number of aromatic nitrogens is 2. The van der Waals surface area contributed by atoms with Gasteiger partial charge < -0.3 is 24.8 Å². The molecule has 1 aliphatic carbocycles. The lowest BCUT2D eigenvalue weighted by molar-refractivity contribution is -0.138. The zero-order chi connectivity index (χ0) is 33.8. The molecule has 2 aromatic carbocycles. The van der Waals surface area contributed by atoms with E-state index in [4.69, 9.17) is 9.72 Å². The van der Waals surface area contributed by atoms with Gasteiger partial charge in [0.1, 0.15) is 6.04 Å². The van der Waals surface area contributed by atoms with Crippen molar-refractivity contribution < 1.29 is 14.3 Å². The zero-order valence-electron chi connectivity index (χ0n) is 28.2. The van der Waals surface area contributed by atoms with Crippen LogP contribution in [0.15, 0.2) is 59.5 Å². The molecule has 0 spiro atoms. The Morgan fingerprint density at radius 1 is 1.04 bits per heavy atom. The van der Waals surface area contributed by atoms with Crippen molar-refractivity contribution in [2.75, 3.05) is 50.0 Å². The normalized spacial score (nSPS) is 15.4. The molecular formula is C37H44N6O4S. The minimum Gasteiger partial charge on any atom is -0.379 e. The number of morpholine rings is 1. The van der Waals surface area contributed by atoms with Crippen molar-refractivity contribution in [1.82, 2.24) is 19.4 Å². The van der Waals surface area contributed by atoms with Gasteiger partial charge in [0.05, 0.1) is 23.8 Å². The van der Waals surface area contributed by atoms with Crippen molar-refractivity contribution in [1.29, 1.82) is 0 Å². The number of hydrogen-bond acceptors (Lipinski definition) is 8. The van der Waals surface area contributed by atoms with Crippen LogP contribution in [0, 0.1) is 6.92 Å². The molecule has 252 valence electrons. The van der Waals surface area contributed by atoms with Gasteiger partial charge in [0.25, 0.3) is 11.5 Å². The van der Waals surface area contributed by atoms with E-state index < -0.39 is 6.04 Å². The van der Waals surface area contributed by atoms with Crippen molar-refractivity contribution in [2.24, 2.45) is 7.05 Å². The first-order valence-corrected chi connectivity index (χ1v) is 17.7. The van der Waals surface area contributed by atoms with Crippen LogP contribution < -0.4 is 16.2 Å². The maximum Gasteiger partial charge on any atom is 0.293 e.